The molecule has 3 fully saturated rings. The molecule has 1 aromatic rings. The Bertz CT molecular complexity index is 1120. The highest BCUT2D eigenvalue weighted by Crippen LogP contribution is 2.67. The molecule has 0 N–H and O–H groups in total. The molecule has 0 aromatic heterocycles. The molecule has 0 saturated heterocycles. The first-order valence-corrected chi connectivity index (χ1v) is 16.7. The lowest BCUT2D eigenvalue weighted by atomic mass is 9.47. The molecule has 8 atom stereocenters. The molecule has 8 unspecified atom stereocenters. The fraction of sp³-hybridized carbons (Fsp3) is 0.735. The summed E-state index contributed by atoms with van der Waals surface area (Å²) in [6.07, 6.45) is 16.7. The zero-order chi connectivity index (χ0) is 28.7. The third-order valence-corrected chi connectivity index (χ3v) is 12.8. The van der Waals surface area contributed by atoms with Gasteiger partial charge in [-0.3, -0.25) is 10.1 Å². The number of non-ortho nitro benzene ring substituents is 1. The number of nitrogens with zero attached hydrogens (tertiary/aromatic N) is 1. The van der Waals surface area contributed by atoms with Crippen LogP contribution in [0.5, 0.6) is 5.75 Å². The number of hydrogen-bond acceptors (Lipinski definition) is 5. The Morgan fingerprint density at radius 3 is 2.50 bits per heavy atom. The molecular formula is C34H49NO4S. The molecule has 0 heterocycles. The molecule has 5 nitrogen and oxygen atoms in total. The Kier molecular flexibility index (Phi) is 8.76. The number of nitro groups is 1. The summed E-state index contributed by atoms with van der Waals surface area (Å²) < 4.78 is 5.50. The van der Waals surface area contributed by atoms with E-state index in [1.54, 1.807) is 5.57 Å². The number of nitro benzene ring substituents is 1. The van der Waals surface area contributed by atoms with Gasteiger partial charge >= 0.3 is 5.30 Å². The van der Waals surface area contributed by atoms with Crippen molar-refractivity contribution in [2.24, 2.45) is 46.3 Å². The molecule has 4 aliphatic rings. The number of ether oxygens (including phenoxy) is 1. The minimum Gasteiger partial charge on any atom is -0.418 e. The van der Waals surface area contributed by atoms with Gasteiger partial charge in [0.05, 0.1) is 4.92 Å². The van der Waals surface area contributed by atoms with E-state index in [2.05, 4.69) is 40.7 Å². The van der Waals surface area contributed by atoms with E-state index in [9.17, 15) is 14.9 Å². The number of hydrogen-bond donors (Lipinski definition) is 0. The maximum Gasteiger partial charge on any atom is 0.372 e. The van der Waals surface area contributed by atoms with Crippen LogP contribution >= 0.6 is 11.8 Å². The van der Waals surface area contributed by atoms with Crippen LogP contribution in [0.4, 0.5) is 10.5 Å². The summed E-state index contributed by atoms with van der Waals surface area (Å²) in [5.41, 5.74) is 2.36. The molecule has 6 heteroatoms. The molecule has 220 valence electrons. The van der Waals surface area contributed by atoms with Crippen LogP contribution in [0.15, 0.2) is 35.9 Å². The highest BCUT2D eigenvalue weighted by molar-refractivity contribution is 8.13. The van der Waals surface area contributed by atoms with Gasteiger partial charge in [-0.05, 0) is 122 Å². The number of rotatable bonds is 8. The van der Waals surface area contributed by atoms with Gasteiger partial charge in [0, 0.05) is 17.4 Å². The Morgan fingerprint density at radius 1 is 1.05 bits per heavy atom. The highest BCUT2D eigenvalue weighted by Gasteiger charge is 2.59. The van der Waals surface area contributed by atoms with Crippen molar-refractivity contribution in [3.63, 3.8) is 0 Å². The van der Waals surface area contributed by atoms with E-state index >= 15 is 0 Å². The molecule has 0 aliphatic heterocycles. The predicted octanol–water partition coefficient (Wildman–Crippen LogP) is 10.2. The number of fused-ring (bicyclic) bond motifs is 5. The summed E-state index contributed by atoms with van der Waals surface area (Å²) in [4.78, 5) is 23.1. The summed E-state index contributed by atoms with van der Waals surface area (Å²) in [6.45, 7) is 12.5. The zero-order valence-corrected chi connectivity index (χ0v) is 26.0. The van der Waals surface area contributed by atoms with Gasteiger partial charge < -0.3 is 4.74 Å². The fourth-order valence-corrected chi connectivity index (χ4v) is 10.6. The molecule has 3 saturated carbocycles. The van der Waals surface area contributed by atoms with E-state index in [4.69, 9.17) is 4.74 Å². The van der Waals surface area contributed by atoms with Crippen LogP contribution in [0.25, 0.3) is 0 Å². The average Bonchev–Trinajstić information content (AvgIpc) is 3.26. The summed E-state index contributed by atoms with van der Waals surface area (Å²) in [5.74, 6) is 5.36. The van der Waals surface area contributed by atoms with Gasteiger partial charge in [0.25, 0.3) is 5.69 Å². The van der Waals surface area contributed by atoms with Crippen molar-refractivity contribution in [2.75, 3.05) is 0 Å². The monoisotopic (exact) mass is 567 g/mol. The van der Waals surface area contributed by atoms with Crippen LogP contribution in [-0.2, 0) is 0 Å². The number of allylic oxidation sites excluding steroid dienone is 2. The minimum atomic E-state index is -0.449. The van der Waals surface area contributed by atoms with Crippen LogP contribution in [-0.4, -0.2) is 15.5 Å². The van der Waals surface area contributed by atoms with Crippen LogP contribution in [0.2, 0.25) is 0 Å². The lowest BCUT2D eigenvalue weighted by molar-refractivity contribution is -0.384. The standard InChI is InChI=1S/C34H49NO4S/c1-22(2)7-6-8-23(3)29-15-16-30-28-14-9-24-21-27(17-19-33(24,4)31(28)18-20-34(29,30)5)40-32(36)39-26-12-10-25(11-13-26)35(37)38/h9-13,22-23,27-31H,6-8,14-21H2,1-5H3. The van der Waals surface area contributed by atoms with Crippen molar-refractivity contribution >= 4 is 22.8 Å². The van der Waals surface area contributed by atoms with Crippen molar-refractivity contribution in [3.8, 4) is 5.75 Å². The first-order valence-electron chi connectivity index (χ1n) is 15.8. The molecule has 0 radical (unpaired) electrons. The van der Waals surface area contributed by atoms with Crippen molar-refractivity contribution < 1.29 is 14.5 Å². The Hall–Kier alpha value is -1.82. The SMILES string of the molecule is CC(C)CCCC(C)C1CCC2C3CC=C4CC(SC(=O)Oc5ccc([N+](=O)[O-])cc5)CCC4(C)C3CCC12C. The fourth-order valence-electron chi connectivity index (χ4n) is 9.64. The first kappa shape index (κ1) is 29.7. The first-order chi connectivity index (χ1) is 19.0. The third-order valence-electron chi connectivity index (χ3n) is 11.8. The van der Waals surface area contributed by atoms with Crippen molar-refractivity contribution in [2.45, 2.75) is 110 Å². The third kappa shape index (κ3) is 5.76. The van der Waals surface area contributed by atoms with E-state index in [0.717, 1.165) is 54.8 Å². The summed E-state index contributed by atoms with van der Waals surface area (Å²) in [5, 5.41) is 10.8. The van der Waals surface area contributed by atoms with Crippen molar-refractivity contribution in [1.29, 1.82) is 0 Å². The molecule has 4 aliphatic carbocycles. The van der Waals surface area contributed by atoms with Gasteiger partial charge in [-0.25, -0.2) is 4.79 Å². The molecule has 5 rings (SSSR count). The van der Waals surface area contributed by atoms with Crippen molar-refractivity contribution in [3.05, 3.63) is 46.0 Å². The lowest BCUT2D eigenvalue weighted by Crippen LogP contribution is -2.50. The Labute approximate surface area is 245 Å². The van der Waals surface area contributed by atoms with Crippen LogP contribution < -0.4 is 4.74 Å². The number of thioether (sulfide) groups is 1. The van der Waals surface area contributed by atoms with Crippen LogP contribution in [0, 0.1) is 56.5 Å². The Morgan fingerprint density at radius 2 is 1.80 bits per heavy atom. The van der Waals surface area contributed by atoms with Gasteiger partial charge in [0.15, 0.2) is 0 Å². The second kappa shape index (κ2) is 11.8. The molecule has 0 bridgehead atoms. The average molecular weight is 568 g/mol. The largest absolute Gasteiger partial charge is 0.418 e. The second-order valence-corrected chi connectivity index (χ2v) is 15.6. The van der Waals surface area contributed by atoms with Crippen molar-refractivity contribution in [1.82, 2.24) is 0 Å². The van der Waals surface area contributed by atoms with E-state index in [1.807, 2.05) is 0 Å². The molecular weight excluding hydrogens is 518 g/mol. The van der Waals surface area contributed by atoms with Crippen LogP contribution in [0.1, 0.15) is 105 Å². The Balaban J connectivity index is 1.20. The van der Waals surface area contributed by atoms with E-state index in [1.165, 1.54) is 87.4 Å². The lowest BCUT2D eigenvalue weighted by Gasteiger charge is -2.58. The molecule has 1 aromatic carbocycles. The zero-order valence-electron chi connectivity index (χ0n) is 25.2. The van der Waals surface area contributed by atoms with Gasteiger partial charge in [-0.1, -0.05) is 65.5 Å². The predicted molar refractivity (Wildman–Crippen MR) is 164 cm³/mol. The molecule has 0 amide bonds. The smallest absolute Gasteiger partial charge is 0.372 e. The van der Waals surface area contributed by atoms with Gasteiger partial charge in [-0.2, -0.15) is 0 Å². The number of carbonyl (C=O) groups excluding carboxylic acids is 1. The van der Waals surface area contributed by atoms with Gasteiger partial charge in [0.2, 0.25) is 0 Å². The summed E-state index contributed by atoms with van der Waals surface area (Å²) in [6, 6.07) is 5.74. The van der Waals surface area contributed by atoms with E-state index in [0.29, 0.717) is 11.2 Å². The van der Waals surface area contributed by atoms with Gasteiger partial charge in [-0.15, -0.1) is 0 Å². The number of carbonyl (C=O) groups is 1. The minimum absolute atomic E-state index is 0.00569. The highest BCUT2D eigenvalue weighted by atomic mass is 32.2. The topological polar surface area (TPSA) is 69.4 Å². The van der Waals surface area contributed by atoms with E-state index in [-0.39, 0.29) is 21.7 Å². The normalized spacial score (nSPS) is 35.8. The van der Waals surface area contributed by atoms with Crippen LogP contribution in [0.3, 0.4) is 0 Å². The maximum atomic E-state index is 12.7. The maximum absolute atomic E-state index is 12.7. The molecule has 40 heavy (non-hydrogen) atoms. The van der Waals surface area contributed by atoms with E-state index < -0.39 is 4.92 Å². The summed E-state index contributed by atoms with van der Waals surface area (Å²) >= 11 is 1.30. The second-order valence-electron chi connectivity index (χ2n) is 14.4. The summed E-state index contributed by atoms with van der Waals surface area (Å²) in [7, 11) is 0. The number of benzene rings is 1. The molecule has 0 spiro atoms. The quantitative estimate of drug-likeness (QED) is 0.135. The van der Waals surface area contributed by atoms with Gasteiger partial charge in [0.1, 0.15) is 5.75 Å².